The van der Waals surface area contributed by atoms with Crippen LogP contribution in [-0.4, -0.2) is 33.6 Å². The highest BCUT2D eigenvalue weighted by Gasteiger charge is 2.33. The van der Waals surface area contributed by atoms with Gasteiger partial charge < -0.3 is 15.3 Å². The minimum absolute atomic E-state index is 0.326. The summed E-state index contributed by atoms with van der Waals surface area (Å²) in [5.41, 5.74) is -1.21. The first kappa shape index (κ1) is 21.6. The van der Waals surface area contributed by atoms with E-state index in [0.29, 0.717) is 12.8 Å². The Labute approximate surface area is 137 Å². The van der Waals surface area contributed by atoms with Crippen molar-refractivity contribution in [1.82, 2.24) is 0 Å². The summed E-state index contributed by atoms with van der Waals surface area (Å²) >= 11 is 0. The summed E-state index contributed by atoms with van der Waals surface area (Å²) in [6.07, 6.45) is 15.2. The molecule has 0 aliphatic carbocycles. The Morgan fingerprint density at radius 3 is 1.77 bits per heavy atom. The Bertz CT molecular complexity index is 255. The zero-order chi connectivity index (χ0) is 16.7. The predicted octanol–water partition coefficient (Wildman–Crippen LogP) is 4.35. The van der Waals surface area contributed by atoms with E-state index in [2.05, 4.69) is 13.5 Å². The standard InChI is InChI=1S/C19H38O3/c1-3-5-6-7-8-9-10-11-12-13-14-16-19(22,15-4-2)18(21)17-20/h4,18,20-22H,2-3,5-17H2,1H3. The van der Waals surface area contributed by atoms with Gasteiger partial charge in [-0.25, -0.2) is 0 Å². The van der Waals surface area contributed by atoms with Gasteiger partial charge in [0, 0.05) is 0 Å². The molecule has 0 amide bonds. The smallest absolute Gasteiger partial charge is 0.106 e. The third-order valence-corrected chi connectivity index (χ3v) is 4.50. The fourth-order valence-corrected chi connectivity index (χ4v) is 2.92. The van der Waals surface area contributed by atoms with Gasteiger partial charge in [-0.05, 0) is 12.8 Å². The largest absolute Gasteiger partial charge is 0.394 e. The van der Waals surface area contributed by atoms with Crippen molar-refractivity contribution in [1.29, 1.82) is 0 Å². The van der Waals surface area contributed by atoms with E-state index >= 15 is 0 Å². The summed E-state index contributed by atoms with van der Waals surface area (Å²) in [4.78, 5) is 0. The van der Waals surface area contributed by atoms with Crippen molar-refractivity contribution in [2.75, 3.05) is 6.61 Å². The maximum absolute atomic E-state index is 10.3. The summed E-state index contributed by atoms with van der Waals surface area (Å²) in [5.74, 6) is 0. The topological polar surface area (TPSA) is 60.7 Å². The van der Waals surface area contributed by atoms with Gasteiger partial charge in [-0.15, -0.1) is 6.58 Å². The third kappa shape index (κ3) is 10.4. The van der Waals surface area contributed by atoms with Gasteiger partial charge >= 0.3 is 0 Å². The molecule has 2 unspecified atom stereocenters. The molecule has 0 saturated heterocycles. The van der Waals surface area contributed by atoms with Gasteiger partial charge in [-0.3, -0.25) is 0 Å². The van der Waals surface area contributed by atoms with Crippen molar-refractivity contribution in [3.8, 4) is 0 Å². The number of aliphatic hydroxyl groups excluding tert-OH is 2. The molecule has 22 heavy (non-hydrogen) atoms. The van der Waals surface area contributed by atoms with Crippen LogP contribution in [0.1, 0.15) is 90.4 Å². The Kier molecular flexibility index (Phi) is 14.0. The molecular weight excluding hydrogens is 276 g/mol. The van der Waals surface area contributed by atoms with Crippen LogP contribution in [0.2, 0.25) is 0 Å². The van der Waals surface area contributed by atoms with E-state index < -0.39 is 18.3 Å². The van der Waals surface area contributed by atoms with Crippen LogP contribution in [0.3, 0.4) is 0 Å². The molecule has 132 valence electrons. The van der Waals surface area contributed by atoms with E-state index in [1.54, 1.807) is 6.08 Å². The van der Waals surface area contributed by atoms with Gasteiger partial charge in [0.2, 0.25) is 0 Å². The van der Waals surface area contributed by atoms with Crippen LogP contribution in [-0.2, 0) is 0 Å². The van der Waals surface area contributed by atoms with Crippen molar-refractivity contribution in [2.24, 2.45) is 0 Å². The van der Waals surface area contributed by atoms with Gasteiger partial charge in [-0.2, -0.15) is 0 Å². The Balaban J connectivity index is 3.56. The van der Waals surface area contributed by atoms with Crippen molar-refractivity contribution >= 4 is 0 Å². The molecule has 0 bridgehead atoms. The summed E-state index contributed by atoms with van der Waals surface area (Å²) in [5, 5.41) is 29.1. The maximum Gasteiger partial charge on any atom is 0.106 e. The van der Waals surface area contributed by atoms with Gasteiger partial charge in [0.1, 0.15) is 6.10 Å². The molecule has 0 aromatic rings. The molecule has 0 radical (unpaired) electrons. The van der Waals surface area contributed by atoms with Crippen LogP contribution in [0.5, 0.6) is 0 Å². The van der Waals surface area contributed by atoms with E-state index in [-0.39, 0.29) is 0 Å². The first-order valence-corrected chi connectivity index (χ1v) is 9.23. The van der Waals surface area contributed by atoms with Crippen LogP contribution >= 0.6 is 0 Å². The fourth-order valence-electron chi connectivity index (χ4n) is 2.92. The lowest BCUT2D eigenvalue weighted by atomic mass is 9.87. The zero-order valence-corrected chi connectivity index (χ0v) is 14.6. The summed E-state index contributed by atoms with van der Waals surface area (Å²) in [6.45, 7) is 5.46. The number of rotatable bonds is 16. The third-order valence-electron chi connectivity index (χ3n) is 4.50. The Morgan fingerprint density at radius 1 is 0.909 bits per heavy atom. The van der Waals surface area contributed by atoms with Crippen LogP contribution < -0.4 is 0 Å². The van der Waals surface area contributed by atoms with Crippen LogP contribution in [0, 0.1) is 0 Å². The number of hydrogen-bond donors (Lipinski definition) is 3. The van der Waals surface area contributed by atoms with Crippen molar-refractivity contribution in [3.63, 3.8) is 0 Å². The van der Waals surface area contributed by atoms with Gasteiger partial charge in [0.25, 0.3) is 0 Å². The Hall–Kier alpha value is -0.380. The second-order valence-corrected chi connectivity index (χ2v) is 6.58. The molecular formula is C19H38O3. The lowest BCUT2D eigenvalue weighted by Crippen LogP contribution is -2.44. The molecule has 0 heterocycles. The highest BCUT2D eigenvalue weighted by atomic mass is 16.4. The van der Waals surface area contributed by atoms with Crippen LogP contribution in [0.15, 0.2) is 12.7 Å². The molecule has 0 saturated carbocycles. The number of hydrogen-bond acceptors (Lipinski definition) is 3. The minimum atomic E-state index is -1.21. The zero-order valence-electron chi connectivity index (χ0n) is 14.6. The summed E-state index contributed by atoms with van der Waals surface area (Å²) in [7, 11) is 0. The van der Waals surface area contributed by atoms with E-state index in [1.165, 1.54) is 57.8 Å². The van der Waals surface area contributed by atoms with E-state index in [9.17, 15) is 10.2 Å². The molecule has 0 rings (SSSR count). The quantitative estimate of drug-likeness (QED) is 0.293. The van der Waals surface area contributed by atoms with Gasteiger partial charge in [0.05, 0.1) is 12.2 Å². The van der Waals surface area contributed by atoms with Crippen LogP contribution in [0.25, 0.3) is 0 Å². The van der Waals surface area contributed by atoms with E-state index in [0.717, 1.165) is 12.8 Å². The van der Waals surface area contributed by atoms with E-state index in [4.69, 9.17) is 5.11 Å². The molecule has 0 aromatic carbocycles. The Morgan fingerprint density at radius 2 is 1.36 bits per heavy atom. The maximum atomic E-state index is 10.3. The van der Waals surface area contributed by atoms with Gasteiger partial charge in [0.15, 0.2) is 0 Å². The molecule has 0 aliphatic rings. The molecule has 0 aromatic heterocycles. The highest BCUT2D eigenvalue weighted by Crippen LogP contribution is 2.24. The molecule has 3 heteroatoms. The SMILES string of the molecule is C=CCC(O)(CCCCCCCCCCCCC)C(O)CO. The van der Waals surface area contributed by atoms with Crippen molar-refractivity contribution in [2.45, 2.75) is 102 Å². The summed E-state index contributed by atoms with van der Waals surface area (Å²) < 4.78 is 0. The molecule has 0 fully saturated rings. The minimum Gasteiger partial charge on any atom is -0.394 e. The lowest BCUT2D eigenvalue weighted by molar-refractivity contribution is -0.0983. The van der Waals surface area contributed by atoms with Crippen LogP contribution in [0.4, 0.5) is 0 Å². The average Bonchev–Trinajstić information content (AvgIpc) is 2.52. The molecule has 2 atom stereocenters. The second-order valence-electron chi connectivity index (χ2n) is 6.58. The summed E-state index contributed by atoms with van der Waals surface area (Å²) in [6, 6.07) is 0. The molecule has 0 aliphatic heterocycles. The highest BCUT2D eigenvalue weighted by molar-refractivity contribution is 4.92. The second kappa shape index (κ2) is 14.2. The number of aliphatic hydroxyl groups is 3. The van der Waals surface area contributed by atoms with Gasteiger partial charge in [-0.1, -0.05) is 83.6 Å². The molecule has 0 spiro atoms. The van der Waals surface area contributed by atoms with Crippen molar-refractivity contribution in [3.05, 3.63) is 12.7 Å². The number of unbranched alkanes of at least 4 members (excludes halogenated alkanes) is 10. The average molecular weight is 315 g/mol. The van der Waals surface area contributed by atoms with Crippen molar-refractivity contribution < 1.29 is 15.3 Å². The predicted molar refractivity (Wildman–Crippen MR) is 93.9 cm³/mol. The normalized spacial score (nSPS) is 15.5. The monoisotopic (exact) mass is 314 g/mol. The lowest BCUT2D eigenvalue weighted by Gasteiger charge is -2.31. The van der Waals surface area contributed by atoms with E-state index in [1.807, 2.05) is 0 Å². The molecule has 3 N–H and O–H groups in total. The first-order chi connectivity index (χ1) is 10.6. The first-order valence-electron chi connectivity index (χ1n) is 9.23. The molecule has 3 nitrogen and oxygen atoms in total. The fraction of sp³-hybridized carbons (Fsp3) is 0.895.